The number of fused-ring (bicyclic) bond motifs is 1. The fourth-order valence-corrected chi connectivity index (χ4v) is 5.26. The Labute approximate surface area is 244 Å². The molecule has 1 fully saturated rings. The van der Waals surface area contributed by atoms with Crippen molar-refractivity contribution < 1.29 is 14.0 Å². The van der Waals surface area contributed by atoms with Crippen LogP contribution < -0.4 is 15.8 Å². The van der Waals surface area contributed by atoms with Crippen LogP contribution in [0, 0.1) is 0 Å². The molecule has 0 aliphatic carbocycles. The zero-order valence-corrected chi connectivity index (χ0v) is 23.4. The van der Waals surface area contributed by atoms with Crippen LogP contribution >= 0.6 is 0 Å². The Morgan fingerprint density at radius 1 is 0.786 bits per heavy atom. The lowest BCUT2D eigenvalue weighted by Gasteiger charge is -2.36. The molecule has 4 aromatic carbocycles. The number of hydrogen-bond acceptors (Lipinski definition) is 5. The number of carbonyl (C=O) groups excluding carboxylic acids is 2. The van der Waals surface area contributed by atoms with E-state index in [1.165, 1.54) is 5.56 Å². The maximum Gasteiger partial charge on any atom is 0.344 e. The Bertz CT molecular complexity index is 1780. The van der Waals surface area contributed by atoms with Gasteiger partial charge in [0, 0.05) is 54.1 Å². The molecule has 1 aromatic heterocycles. The first-order chi connectivity index (χ1) is 20.5. The number of piperazine rings is 1. The third-order valence-corrected chi connectivity index (χ3v) is 7.77. The van der Waals surface area contributed by atoms with Gasteiger partial charge in [0.2, 0.25) is 0 Å². The van der Waals surface area contributed by atoms with E-state index in [0.717, 1.165) is 36.1 Å². The summed E-state index contributed by atoms with van der Waals surface area (Å²) in [6, 6.07) is 31.7. The molecule has 0 saturated carbocycles. The molecule has 7 heteroatoms. The lowest BCUT2D eigenvalue weighted by atomic mass is 10.0. The number of nitrogens with one attached hydrogen (secondary N) is 1. The SMILES string of the molecule is CCc1ccc(C(=O)N2CCN(c3ccc(NC(=O)c4ccc(-c5cc6ccccc6oc5=O)cc4)cc3)CC2)cc1. The highest BCUT2D eigenvalue weighted by Gasteiger charge is 2.22. The quantitative estimate of drug-likeness (QED) is 0.250. The van der Waals surface area contributed by atoms with Crippen LogP contribution in [-0.4, -0.2) is 42.9 Å². The maximum absolute atomic E-state index is 12.9. The minimum Gasteiger partial charge on any atom is -0.422 e. The van der Waals surface area contributed by atoms with Crippen molar-refractivity contribution in [3.63, 3.8) is 0 Å². The lowest BCUT2D eigenvalue weighted by molar-refractivity contribution is 0.0746. The summed E-state index contributed by atoms with van der Waals surface area (Å²) >= 11 is 0. The molecule has 7 nitrogen and oxygen atoms in total. The molecule has 0 spiro atoms. The Hall–Kier alpha value is -5.17. The molecular formula is C35H31N3O4. The van der Waals surface area contributed by atoms with Crippen molar-refractivity contribution in [2.24, 2.45) is 0 Å². The van der Waals surface area contributed by atoms with E-state index in [9.17, 15) is 14.4 Å². The molecule has 210 valence electrons. The van der Waals surface area contributed by atoms with E-state index in [0.29, 0.717) is 41.1 Å². The molecule has 1 aliphatic rings. The van der Waals surface area contributed by atoms with E-state index >= 15 is 0 Å². The number of hydrogen-bond donors (Lipinski definition) is 1. The summed E-state index contributed by atoms with van der Waals surface area (Å²) in [5, 5.41) is 3.78. The van der Waals surface area contributed by atoms with Crippen molar-refractivity contribution in [3.05, 3.63) is 130 Å². The highest BCUT2D eigenvalue weighted by Crippen LogP contribution is 2.23. The first-order valence-electron chi connectivity index (χ1n) is 14.2. The number of nitrogens with zero attached hydrogens (tertiary/aromatic N) is 2. The number of anilines is 2. The van der Waals surface area contributed by atoms with E-state index in [1.807, 2.05) is 71.6 Å². The number of aryl methyl sites for hydroxylation is 1. The first kappa shape index (κ1) is 27.0. The molecule has 1 saturated heterocycles. The van der Waals surface area contributed by atoms with Crippen molar-refractivity contribution in [3.8, 4) is 11.1 Å². The van der Waals surface area contributed by atoms with Crippen LogP contribution in [0.3, 0.4) is 0 Å². The van der Waals surface area contributed by atoms with Crippen molar-refractivity contribution >= 4 is 34.2 Å². The van der Waals surface area contributed by atoms with Crippen molar-refractivity contribution in [1.29, 1.82) is 0 Å². The Morgan fingerprint density at radius 2 is 1.45 bits per heavy atom. The smallest absolute Gasteiger partial charge is 0.344 e. The zero-order chi connectivity index (χ0) is 29.1. The molecule has 6 rings (SSSR count). The van der Waals surface area contributed by atoms with Crippen molar-refractivity contribution in [2.45, 2.75) is 13.3 Å². The summed E-state index contributed by atoms with van der Waals surface area (Å²) in [5.74, 6) is -0.164. The van der Waals surface area contributed by atoms with Gasteiger partial charge in [-0.05, 0) is 78.2 Å². The van der Waals surface area contributed by atoms with Crippen LogP contribution in [0.2, 0.25) is 0 Å². The van der Waals surface area contributed by atoms with E-state index in [4.69, 9.17) is 4.42 Å². The highest BCUT2D eigenvalue weighted by molar-refractivity contribution is 6.04. The molecule has 0 atom stereocenters. The van der Waals surface area contributed by atoms with Crippen LogP contribution in [0.15, 0.2) is 112 Å². The number of benzene rings is 4. The molecule has 2 heterocycles. The molecule has 42 heavy (non-hydrogen) atoms. The van der Waals surface area contributed by atoms with Gasteiger partial charge in [0.05, 0.1) is 5.56 Å². The average molecular weight is 558 g/mol. The standard InChI is InChI=1S/C35H31N3O4/c1-2-24-7-9-27(10-8-24)34(40)38-21-19-37(20-22-38)30-17-15-29(16-18-30)36-33(39)26-13-11-25(12-14-26)31-23-28-5-3-4-6-32(28)42-35(31)41/h3-18,23H,2,19-22H2,1H3,(H,36,39). The summed E-state index contributed by atoms with van der Waals surface area (Å²) in [7, 11) is 0. The average Bonchev–Trinajstić information content (AvgIpc) is 3.04. The van der Waals surface area contributed by atoms with Crippen molar-refractivity contribution in [2.75, 3.05) is 36.4 Å². The van der Waals surface area contributed by atoms with Crippen molar-refractivity contribution in [1.82, 2.24) is 4.90 Å². The molecule has 0 unspecified atom stereocenters. The fourth-order valence-electron chi connectivity index (χ4n) is 5.26. The van der Waals surface area contributed by atoms with Crippen LogP contribution in [0.1, 0.15) is 33.2 Å². The fraction of sp³-hybridized carbons (Fsp3) is 0.171. The summed E-state index contributed by atoms with van der Waals surface area (Å²) in [6.07, 6.45) is 0.955. The third-order valence-electron chi connectivity index (χ3n) is 7.77. The molecule has 0 radical (unpaired) electrons. The molecule has 5 aromatic rings. The van der Waals surface area contributed by atoms with Gasteiger partial charge in [0.25, 0.3) is 11.8 Å². The normalized spacial score (nSPS) is 13.3. The van der Waals surface area contributed by atoms with Gasteiger partial charge in [0.1, 0.15) is 5.58 Å². The Balaban J connectivity index is 1.05. The number of carbonyl (C=O) groups is 2. The molecule has 0 bridgehead atoms. The molecular weight excluding hydrogens is 526 g/mol. The minimum absolute atomic E-state index is 0.0733. The number of rotatable bonds is 6. The first-order valence-corrected chi connectivity index (χ1v) is 14.2. The Morgan fingerprint density at radius 3 is 2.14 bits per heavy atom. The van der Waals surface area contributed by atoms with E-state index in [1.54, 1.807) is 36.4 Å². The van der Waals surface area contributed by atoms with Gasteiger partial charge < -0.3 is 19.5 Å². The summed E-state index contributed by atoms with van der Waals surface area (Å²) in [6.45, 7) is 4.90. The predicted molar refractivity (Wildman–Crippen MR) is 166 cm³/mol. The minimum atomic E-state index is -0.416. The van der Waals surface area contributed by atoms with Gasteiger partial charge in [-0.1, -0.05) is 49.4 Å². The second-order valence-corrected chi connectivity index (χ2v) is 10.4. The largest absolute Gasteiger partial charge is 0.422 e. The molecule has 1 N–H and O–H groups in total. The summed E-state index contributed by atoms with van der Waals surface area (Å²) < 4.78 is 5.44. The second kappa shape index (κ2) is 11.7. The number of amides is 2. The third kappa shape index (κ3) is 5.67. The zero-order valence-electron chi connectivity index (χ0n) is 23.4. The molecule has 2 amide bonds. The maximum atomic E-state index is 12.9. The van der Waals surface area contributed by atoms with E-state index in [2.05, 4.69) is 17.1 Å². The van der Waals surface area contributed by atoms with Crippen LogP contribution in [0.25, 0.3) is 22.1 Å². The monoisotopic (exact) mass is 557 g/mol. The van der Waals surface area contributed by atoms with Crippen LogP contribution in [-0.2, 0) is 6.42 Å². The van der Waals surface area contributed by atoms with Gasteiger partial charge in [-0.3, -0.25) is 9.59 Å². The number of para-hydroxylation sites is 1. The van der Waals surface area contributed by atoms with E-state index < -0.39 is 5.63 Å². The van der Waals surface area contributed by atoms with Gasteiger partial charge in [-0.25, -0.2) is 4.79 Å². The second-order valence-electron chi connectivity index (χ2n) is 10.4. The summed E-state index contributed by atoms with van der Waals surface area (Å²) in [5.41, 5.74) is 5.44. The topological polar surface area (TPSA) is 82.9 Å². The van der Waals surface area contributed by atoms with Gasteiger partial charge in [0.15, 0.2) is 0 Å². The van der Waals surface area contributed by atoms with Gasteiger partial charge >= 0.3 is 5.63 Å². The van der Waals surface area contributed by atoms with Gasteiger partial charge in [-0.15, -0.1) is 0 Å². The van der Waals surface area contributed by atoms with Crippen LogP contribution in [0.5, 0.6) is 0 Å². The lowest BCUT2D eigenvalue weighted by Crippen LogP contribution is -2.48. The predicted octanol–water partition coefficient (Wildman–Crippen LogP) is 6.24. The highest BCUT2D eigenvalue weighted by atomic mass is 16.4. The van der Waals surface area contributed by atoms with E-state index in [-0.39, 0.29) is 11.8 Å². The Kier molecular flexibility index (Phi) is 7.56. The van der Waals surface area contributed by atoms with Gasteiger partial charge in [-0.2, -0.15) is 0 Å². The molecule has 1 aliphatic heterocycles. The summed E-state index contributed by atoms with van der Waals surface area (Å²) in [4.78, 5) is 42.5. The van der Waals surface area contributed by atoms with Crippen LogP contribution in [0.4, 0.5) is 11.4 Å².